The van der Waals surface area contributed by atoms with Gasteiger partial charge in [-0.25, -0.2) is 4.39 Å². The van der Waals surface area contributed by atoms with Gasteiger partial charge >= 0.3 is 0 Å². The van der Waals surface area contributed by atoms with E-state index in [1.54, 1.807) is 31.2 Å². The third kappa shape index (κ3) is 5.63. The number of amides is 2. The number of nitrogens with one attached hydrogen (secondary N) is 2. The summed E-state index contributed by atoms with van der Waals surface area (Å²) in [4.78, 5) is 26.4. The Bertz CT molecular complexity index is 815. The molecule has 7 nitrogen and oxygen atoms in total. The van der Waals surface area contributed by atoms with Crippen LogP contribution in [0.4, 0.5) is 10.2 Å². The molecule has 0 radical (unpaired) electrons. The van der Waals surface area contributed by atoms with Crippen LogP contribution in [-0.2, 0) is 16.0 Å². The second-order valence-electron chi connectivity index (χ2n) is 7.05. The Hall–Kier alpha value is -2.74. The Balaban J connectivity index is 1.35. The van der Waals surface area contributed by atoms with Crippen molar-refractivity contribution in [3.8, 4) is 0 Å². The number of aryl methyl sites for hydroxylation is 1. The molecule has 1 aliphatic heterocycles. The van der Waals surface area contributed by atoms with Gasteiger partial charge in [-0.05, 0) is 50.9 Å². The number of benzene rings is 1. The molecule has 1 aliphatic rings. The first-order chi connectivity index (χ1) is 13.5. The average molecular weight is 388 g/mol. The minimum Gasteiger partial charge on any atom is -0.360 e. The third-order valence-electron chi connectivity index (χ3n) is 4.87. The molecular weight excluding hydrogens is 363 g/mol. The zero-order valence-corrected chi connectivity index (χ0v) is 15.9. The summed E-state index contributed by atoms with van der Waals surface area (Å²) in [7, 11) is 0. The maximum atomic E-state index is 13.6. The number of hydrogen-bond donors (Lipinski definition) is 2. The molecule has 0 unspecified atom stereocenters. The molecule has 2 heterocycles. The lowest BCUT2D eigenvalue weighted by molar-refractivity contribution is -0.126. The standard InChI is InChI=1S/C20H25FN4O3/c1-14-12-18(24-28-14)23-19(26)13-25-10-7-16(8-11-25)20(27)22-9-6-15-4-2-3-5-17(15)21/h2-5,12,16H,6-11,13H2,1H3,(H,22,27)(H,23,24,26). The molecule has 0 spiro atoms. The predicted octanol–water partition coefficient (Wildman–Crippen LogP) is 2.13. The van der Waals surface area contributed by atoms with Crippen molar-refractivity contribution in [1.82, 2.24) is 15.4 Å². The number of carbonyl (C=O) groups is 2. The molecule has 1 fully saturated rings. The molecule has 150 valence electrons. The molecule has 1 saturated heterocycles. The zero-order chi connectivity index (χ0) is 19.9. The van der Waals surface area contributed by atoms with Crippen molar-refractivity contribution in [2.45, 2.75) is 26.2 Å². The normalized spacial score (nSPS) is 15.4. The number of halogens is 1. The lowest BCUT2D eigenvalue weighted by Crippen LogP contribution is -2.43. The first-order valence-corrected chi connectivity index (χ1v) is 9.48. The molecule has 28 heavy (non-hydrogen) atoms. The predicted molar refractivity (Wildman–Crippen MR) is 102 cm³/mol. The monoisotopic (exact) mass is 388 g/mol. The molecule has 2 N–H and O–H groups in total. The van der Waals surface area contributed by atoms with Gasteiger partial charge in [0.05, 0.1) is 6.54 Å². The SMILES string of the molecule is Cc1cc(NC(=O)CN2CCC(C(=O)NCCc3ccccc3F)CC2)no1. The highest BCUT2D eigenvalue weighted by Crippen LogP contribution is 2.17. The Kier molecular flexibility index (Phi) is 6.76. The maximum absolute atomic E-state index is 13.6. The van der Waals surface area contributed by atoms with E-state index in [9.17, 15) is 14.0 Å². The van der Waals surface area contributed by atoms with E-state index < -0.39 is 0 Å². The van der Waals surface area contributed by atoms with Crippen molar-refractivity contribution in [3.63, 3.8) is 0 Å². The van der Waals surface area contributed by atoms with E-state index in [2.05, 4.69) is 15.8 Å². The highest BCUT2D eigenvalue weighted by atomic mass is 19.1. The van der Waals surface area contributed by atoms with Gasteiger partial charge in [0.1, 0.15) is 11.6 Å². The molecule has 3 rings (SSSR count). The molecule has 8 heteroatoms. The Morgan fingerprint density at radius 1 is 1.29 bits per heavy atom. The van der Waals surface area contributed by atoms with Crippen molar-refractivity contribution in [2.75, 3.05) is 31.5 Å². The van der Waals surface area contributed by atoms with Crippen LogP contribution in [-0.4, -0.2) is 48.0 Å². The maximum Gasteiger partial charge on any atom is 0.239 e. The number of hydrogen-bond acceptors (Lipinski definition) is 5. The van der Waals surface area contributed by atoms with Crippen molar-refractivity contribution >= 4 is 17.6 Å². The fourth-order valence-electron chi connectivity index (χ4n) is 3.33. The number of carbonyl (C=O) groups excluding carboxylic acids is 2. The van der Waals surface area contributed by atoms with Crippen molar-refractivity contribution in [2.24, 2.45) is 5.92 Å². The van der Waals surface area contributed by atoms with Crippen LogP contribution in [0.3, 0.4) is 0 Å². The summed E-state index contributed by atoms with van der Waals surface area (Å²) >= 11 is 0. The molecule has 0 bridgehead atoms. The van der Waals surface area contributed by atoms with Crippen LogP contribution in [0, 0.1) is 18.7 Å². The van der Waals surface area contributed by atoms with Crippen molar-refractivity contribution in [3.05, 3.63) is 47.5 Å². The molecule has 0 atom stereocenters. The molecule has 0 aliphatic carbocycles. The minimum absolute atomic E-state index is 0.00138. The average Bonchev–Trinajstić information content (AvgIpc) is 3.08. The van der Waals surface area contributed by atoms with Crippen molar-refractivity contribution in [1.29, 1.82) is 0 Å². The Labute approximate surface area is 163 Å². The van der Waals surface area contributed by atoms with Crippen LogP contribution in [0.2, 0.25) is 0 Å². The van der Waals surface area contributed by atoms with Gasteiger partial charge in [0.25, 0.3) is 0 Å². The first kappa shape index (κ1) is 20.0. The van der Waals surface area contributed by atoms with E-state index in [0.29, 0.717) is 56.0 Å². The second-order valence-corrected chi connectivity index (χ2v) is 7.05. The summed E-state index contributed by atoms with van der Waals surface area (Å²) in [6.07, 6.45) is 1.86. The summed E-state index contributed by atoms with van der Waals surface area (Å²) in [5.41, 5.74) is 0.603. The van der Waals surface area contributed by atoms with Crippen LogP contribution >= 0.6 is 0 Å². The number of piperidine rings is 1. The topological polar surface area (TPSA) is 87.5 Å². The van der Waals surface area contributed by atoms with Gasteiger partial charge in [-0.2, -0.15) is 0 Å². The van der Waals surface area contributed by atoms with E-state index in [-0.39, 0.29) is 30.1 Å². The van der Waals surface area contributed by atoms with Gasteiger partial charge in [-0.1, -0.05) is 23.4 Å². The van der Waals surface area contributed by atoms with Crippen molar-refractivity contribution < 1.29 is 18.5 Å². The van der Waals surface area contributed by atoms with E-state index >= 15 is 0 Å². The highest BCUT2D eigenvalue weighted by Gasteiger charge is 2.25. The van der Waals surface area contributed by atoms with E-state index in [0.717, 1.165) is 0 Å². The summed E-state index contributed by atoms with van der Waals surface area (Å²) in [5, 5.41) is 9.33. The lowest BCUT2D eigenvalue weighted by atomic mass is 9.96. The molecule has 1 aromatic carbocycles. The summed E-state index contributed by atoms with van der Waals surface area (Å²) in [5.74, 6) is 0.575. The number of aromatic nitrogens is 1. The fourth-order valence-corrected chi connectivity index (χ4v) is 3.33. The first-order valence-electron chi connectivity index (χ1n) is 9.48. The fraction of sp³-hybridized carbons (Fsp3) is 0.450. The zero-order valence-electron chi connectivity index (χ0n) is 15.9. The van der Waals surface area contributed by atoms with Gasteiger partial charge in [0.15, 0.2) is 5.82 Å². The van der Waals surface area contributed by atoms with Gasteiger partial charge in [-0.3, -0.25) is 14.5 Å². The molecule has 2 aromatic rings. The molecule has 0 saturated carbocycles. The van der Waals surface area contributed by atoms with Gasteiger partial charge in [-0.15, -0.1) is 0 Å². The highest BCUT2D eigenvalue weighted by molar-refractivity contribution is 5.91. The van der Waals surface area contributed by atoms with Crippen LogP contribution < -0.4 is 10.6 Å². The number of rotatable bonds is 7. The van der Waals surface area contributed by atoms with E-state index in [1.807, 2.05) is 4.90 Å². The van der Waals surface area contributed by atoms with E-state index in [4.69, 9.17) is 4.52 Å². The minimum atomic E-state index is -0.246. The van der Waals surface area contributed by atoms with E-state index in [1.165, 1.54) is 6.07 Å². The molecule has 2 amide bonds. The van der Waals surface area contributed by atoms with Crippen LogP contribution in [0.25, 0.3) is 0 Å². The summed E-state index contributed by atoms with van der Waals surface area (Å²) < 4.78 is 18.5. The Morgan fingerprint density at radius 2 is 2.04 bits per heavy atom. The molecular formula is C20H25FN4O3. The van der Waals surface area contributed by atoms with Gasteiger partial charge in [0, 0.05) is 18.5 Å². The Morgan fingerprint density at radius 3 is 2.71 bits per heavy atom. The largest absolute Gasteiger partial charge is 0.360 e. The summed E-state index contributed by atoms with van der Waals surface area (Å²) in [6, 6.07) is 8.25. The number of anilines is 1. The smallest absolute Gasteiger partial charge is 0.239 e. The second kappa shape index (κ2) is 9.45. The van der Waals surface area contributed by atoms with Crippen LogP contribution in [0.15, 0.2) is 34.9 Å². The van der Waals surface area contributed by atoms with Crippen LogP contribution in [0.1, 0.15) is 24.2 Å². The van der Waals surface area contributed by atoms with Crippen LogP contribution in [0.5, 0.6) is 0 Å². The third-order valence-corrected chi connectivity index (χ3v) is 4.87. The number of likely N-dealkylation sites (tertiary alicyclic amines) is 1. The van der Waals surface area contributed by atoms with Gasteiger partial charge < -0.3 is 15.2 Å². The quantitative estimate of drug-likeness (QED) is 0.759. The van der Waals surface area contributed by atoms with Gasteiger partial charge in [0.2, 0.25) is 11.8 Å². The number of nitrogens with zero attached hydrogens (tertiary/aromatic N) is 2. The molecule has 1 aromatic heterocycles. The lowest BCUT2D eigenvalue weighted by Gasteiger charge is -2.30. The summed E-state index contributed by atoms with van der Waals surface area (Å²) in [6.45, 7) is 3.79.